The van der Waals surface area contributed by atoms with Gasteiger partial charge in [0.05, 0.1) is 16.8 Å². The van der Waals surface area contributed by atoms with E-state index in [4.69, 9.17) is 0 Å². The van der Waals surface area contributed by atoms with Crippen LogP contribution in [0.5, 0.6) is 0 Å². The number of benzene rings is 1. The van der Waals surface area contributed by atoms with E-state index in [0.717, 1.165) is 34.3 Å². The van der Waals surface area contributed by atoms with Crippen LogP contribution in [0.2, 0.25) is 0 Å². The van der Waals surface area contributed by atoms with E-state index in [1.807, 2.05) is 45.0 Å². The summed E-state index contributed by atoms with van der Waals surface area (Å²) in [6.45, 7) is 6.52. The fourth-order valence-corrected chi connectivity index (χ4v) is 2.92. The van der Waals surface area contributed by atoms with Crippen LogP contribution in [0.1, 0.15) is 47.1 Å². The zero-order valence-corrected chi connectivity index (χ0v) is 14.3. The fourth-order valence-electron chi connectivity index (χ4n) is 2.92. The lowest BCUT2D eigenvalue weighted by molar-refractivity contribution is 0.0952. The van der Waals surface area contributed by atoms with Crippen molar-refractivity contribution in [1.82, 2.24) is 20.5 Å². The minimum absolute atomic E-state index is 0.0712. The summed E-state index contributed by atoms with van der Waals surface area (Å²) in [5.41, 5.74) is 4.43. The molecule has 0 aliphatic carbocycles. The Bertz CT molecular complexity index is 861. The summed E-state index contributed by atoms with van der Waals surface area (Å²) in [7, 11) is 0. The topological polar surface area (TPSA) is 70.7 Å². The molecule has 0 atom stereocenters. The predicted molar refractivity (Wildman–Crippen MR) is 95.2 cm³/mol. The van der Waals surface area contributed by atoms with Gasteiger partial charge in [0, 0.05) is 23.8 Å². The lowest BCUT2D eigenvalue weighted by atomic mass is 10.0. The first-order valence-corrected chi connectivity index (χ1v) is 8.23. The van der Waals surface area contributed by atoms with Crippen LogP contribution < -0.4 is 5.32 Å². The molecule has 1 amide bonds. The first kappa shape index (κ1) is 16.2. The van der Waals surface area contributed by atoms with Crippen LogP contribution in [0, 0.1) is 6.92 Å². The maximum absolute atomic E-state index is 12.5. The molecule has 24 heavy (non-hydrogen) atoms. The van der Waals surface area contributed by atoms with Gasteiger partial charge in [-0.05, 0) is 30.9 Å². The van der Waals surface area contributed by atoms with Crippen molar-refractivity contribution in [2.75, 3.05) is 6.54 Å². The zero-order chi connectivity index (χ0) is 17.1. The number of hydrogen-bond acceptors (Lipinski definition) is 3. The number of nitrogens with zero attached hydrogens (tertiary/aromatic N) is 2. The number of aryl methyl sites for hydroxylation is 1. The second-order valence-electron chi connectivity index (χ2n) is 6.26. The number of hydrogen-bond donors (Lipinski definition) is 2. The molecular formula is C19H22N4O. The molecular weight excluding hydrogens is 300 g/mol. The van der Waals surface area contributed by atoms with Gasteiger partial charge in [-0.15, -0.1) is 0 Å². The number of H-pyrrole nitrogens is 1. The smallest absolute Gasteiger partial charge is 0.255 e. The Morgan fingerprint density at radius 2 is 2.04 bits per heavy atom. The van der Waals surface area contributed by atoms with Crippen LogP contribution in [-0.4, -0.2) is 27.6 Å². The largest absolute Gasteiger partial charge is 0.352 e. The number of fused-ring (bicyclic) bond motifs is 1. The van der Waals surface area contributed by atoms with Crippen LogP contribution in [0.3, 0.4) is 0 Å². The quantitative estimate of drug-likeness (QED) is 0.756. The van der Waals surface area contributed by atoms with Crippen molar-refractivity contribution in [2.45, 2.75) is 33.1 Å². The van der Waals surface area contributed by atoms with E-state index >= 15 is 0 Å². The Labute approximate surface area is 141 Å². The Kier molecular flexibility index (Phi) is 4.60. The normalized spacial score (nSPS) is 11.2. The summed E-state index contributed by atoms with van der Waals surface area (Å²) in [5.74, 6) is 0.135. The van der Waals surface area contributed by atoms with Crippen LogP contribution in [-0.2, 0) is 6.42 Å². The second kappa shape index (κ2) is 6.83. The molecule has 0 fully saturated rings. The Morgan fingerprint density at radius 3 is 2.83 bits per heavy atom. The highest BCUT2D eigenvalue weighted by Crippen LogP contribution is 2.19. The first-order valence-electron chi connectivity index (χ1n) is 8.23. The number of aromatic amines is 1. The van der Waals surface area contributed by atoms with Gasteiger partial charge in [0.15, 0.2) is 0 Å². The number of amides is 1. The van der Waals surface area contributed by atoms with Gasteiger partial charge >= 0.3 is 0 Å². The number of nitrogens with one attached hydrogen (secondary N) is 2. The van der Waals surface area contributed by atoms with Crippen molar-refractivity contribution in [1.29, 1.82) is 0 Å². The molecule has 0 saturated heterocycles. The molecule has 0 saturated carbocycles. The van der Waals surface area contributed by atoms with Crippen molar-refractivity contribution in [3.8, 4) is 0 Å². The molecule has 3 rings (SSSR count). The molecule has 5 heteroatoms. The zero-order valence-electron chi connectivity index (χ0n) is 14.3. The van der Waals surface area contributed by atoms with Gasteiger partial charge in [-0.1, -0.05) is 38.1 Å². The van der Waals surface area contributed by atoms with E-state index in [1.165, 1.54) is 0 Å². The van der Waals surface area contributed by atoms with Crippen LogP contribution in [0.25, 0.3) is 10.9 Å². The fraction of sp³-hybridized carbons (Fsp3) is 0.316. The predicted octanol–water partition coefficient (Wildman–Crippen LogP) is 3.36. The van der Waals surface area contributed by atoms with E-state index in [-0.39, 0.29) is 11.8 Å². The Hall–Kier alpha value is -2.69. The molecule has 3 aromatic rings. The van der Waals surface area contributed by atoms with Crippen molar-refractivity contribution in [2.24, 2.45) is 0 Å². The van der Waals surface area contributed by atoms with Gasteiger partial charge < -0.3 is 5.32 Å². The molecule has 0 bridgehead atoms. The lowest BCUT2D eigenvalue weighted by Crippen LogP contribution is -2.27. The molecule has 0 aliphatic rings. The Balaban J connectivity index is 1.70. The molecule has 0 radical (unpaired) electrons. The second-order valence-corrected chi connectivity index (χ2v) is 6.26. The highest BCUT2D eigenvalue weighted by Gasteiger charge is 2.19. The average molecular weight is 322 g/mol. The minimum Gasteiger partial charge on any atom is -0.352 e. The van der Waals surface area contributed by atoms with Gasteiger partial charge in [-0.25, -0.2) is 0 Å². The summed E-state index contributed by atoms with van der Waals surface area (Å²) < 4.78 is 0. The van der Waals surface area contributed by atoms with Gasteiger partial charge in [0.2, 0.25) is 0 Å². The summed E-state index contributed by atoms with van der Waals surface area (Å²) in [6, 6.07) is 10.1. The molecule has 5 nitrogen and oxygen atoms in total. The van der Waals surface area contributed by atoms with E-state index in [0.29, 0.717) is 12.1 Å². The third kappa shape index (κ3) is 3.15. The summed E-state index contributed by atoms with van der Waals surface area (Å²) in [4.78, 5) is 17.0. The number of aromatic nitrogens is 3. The number of rotatable bonds is 5. The van der Waals surface area contributed by atoms with Crippen LogP contribution in [0.15, 0.2) is 36.5 Å². The molecule has 0 unspecified atom stereocenters. The van der Waals surface area contributed by atoms with E-state index in [9.17, 15) is 4.79 Å². The van der Waals surface area contributed by atoms with Gasteiger partial charge in [0.25, 0.3) is 5.91 Å². The third-order valence-electron chi connectivity index (χ3n) is 4.15. The van der Waals surface area contributed by atoms with Crippen molar-refractivity contribution in [3.63, 3.8) is 0 Å². The van der Waals surface area contributed by atoms with Gasteiger partial charge in [-0.3, -0.25) is 14.9 Å². The third-order valence-corrected chi connectivity index (χ3v) is 4.15. The highest BCUT2D eigenvalue weighted by molar-refractivity contribution is 5.96. The summed E-state index contributed by atoms with van der Waals surface area (Å²) >= 11 is 0. The number of carbonyl (C=O) groups excluding carboxylic acids is 1. The van der Waals surface area contributed by atoms with Crippen molar-refractivity contribution < 1.29 is 4.79 Å². The molecule has 1 aromatic carbocycles. The molecule has 0 spiro atoms. The monoisotopic (exact) mass is 322 g/mol. The minimum atomic E-state index is -0.0712. The summed E-state index contributed by atoms with van der Waals surface area (Å²) in [5, 5.41) is 11.3. The maximum Gasteiger partial charge on any atom is 0.255 e. The van der Waals surface area contributed by atoms with Crippen LogP contribution >= 0.6 is 0 Å². The van der Waals surface area contributed by atoms with Gasteiger partial charge in [0.1, 0.15) is 0 Å². The molecule has 0 aliphatic heterocycles. The lowest BCUT2D eigenvalue weighted by Gasteiger charge is -2.09. The van der Waals surface area contributed by atoms with E-state index in [1.54, 1.807) is 6.20 Å². The summed E-state index contributed by atoms with van der Waals surface area (Å²) in [6.07, 6.45) is 2.54. The van der Waals surface area contributed by atoms with E-state index < -0.39 is 0 Å². The SMILES string of the molecule is Cc1[nH]nc(C(C)C)c1C(=O)NCCc1cccc2cccnc12. The number of pyridine rings is 1. The Morgan fingerprint density at radius 1 is 1.25 bits per heavy atom. The average Bonchev–Trinajstić information content (AvgIpc) is 2.97. The standard InChI is InChI=1S/C19H22N4O/c1-12(2)17-16(13(3)22-23-17)19(24)21-11-9-15-7-4-6-14-8-5-10-20-18(14)15/h4-8,10,12H,9,11H2,1-3H3,(H,21,24)(H,22,23). The molecule has 124 valence electrons. The van der Waals surface area contributed by atoms with E-state index in [2.05, 4.69) is 26.6 Å². The number of para-hydroxylation sites is 1. The molecule has 2 aromatic heterocycles. The van der Waals surface area contributed by atoms with Crippen molar-refractivity contribution >= 4 is 16.8 Å². The first-order chi connectivity index (χ1) is 11.6. The molecule has 2 N–H and O–H groups in total. The number of carbonyl (C=O) groups is 1. The maximum atomic E-state index is 12.5. The van der Waals surface area contributed by atoms with Crippen LogP contribution in [0.4, 0.5) is 0 Å². The van der Waals surface area contributed by atoms with Gasteiger partial charge in [-0.2, -0.15) is 5.10 Å². The molecule has 2 heterocycles. The van der Waals surface area contributed by atoms with Crippen molar-refractivity contribution in [3.05, 3.63) is 59.0 Å². The highest BCUT2D eigenvalue weighted by atomic mass is 16.1.